The minimum Gasteiger partial charge on any atom is -0.265 e. The van der Waals surface area contributed by atoms with Crippen LogP contribution >= 0.6 is 0 Å². The van der Waals surface area contributed by atoms with Crippen LogP contribution in [0.3, 0.4) is 0 Å². The summed E-state index contributed by atoms with van der Waals surface area (Å²) in [5, 5.41) is 0. The lowest BCUT2D eigenvalue weighted by Gasteiger charge is -2.02. The standard InChI is InChI=1S/C8H13N/c1-6(2)8-4-7(3)5-9-8/h5-6H,4H2,1-3H3. The van der Waals surface area contributed by atoms with Crippen LogP contribution in [0.5, 0.6) is 0 Å². The highest BCUT2D eigenvalue weighted by atomic mass is 14.7. The molecular formula is C8H13N. The summed E-state index contributed by atoms with van der Waals surface area (Å²) in [7, 11) is 0. The maximum atomic E-state index is 4.27. The Bertz CT molecular complexity index is 163. The lowest BCUT2D eigenvalue weighted by atomic mass is 10.0. The lowest BCUT2D eigenvalue weighted by molar-refractivity contribution is 0.869. The first-order chi connectivity index (χ1) is 4.20. The molecule has 0 aromatic rings. The van der Waals surface area contributed by atoms with Crippen molar-refractivity contribution < 1.29 is 0 Å². The maximum Gasteiger partial charge on any atom is 0.0260 e. The summed E-state index contributed by atoms with van der Waals surface area (Å²) < 4.78 is 0. The quantitative estimate of drug-likeness (QED) is 0.507. The van der Waals surface area contributed by atoms with Crippen LogP contribution in [0.4, 0.5) is 0 Å². The normalized spacial score (nSPS) is 18.2. The summed E-state index contributed by atoms with van der Waals surface area (Å²) >= 11 is 0. The Morgan fingerprint density at radius 1 is 1.56 bits per heavy atom. The Balaban J connectivity index is 2.54. The summed E-state index contributed by atoms with van der Waals surface area (Å²) in [6.45, 7) is 6.50. The average Bonchev–Trinajstić information content (AvgIpc) is 2.14. The van der Waals surface area contributed by atoms with Gasteiger partial charge < -0.3 is 0 Å². The van der Waals surface area contributed by atoms with E-state index in [0.717, 1.165) is 6.42 Å². The predicted molar refractivity (Wildman–Crippen MR) is 40.6 cm³/mol. The van der Waals surface area contributed by atoms with Gasteiger partial charge in [0.2, 0.25) is 0 Å². The van der Waals surface area contributed by atoms with Gasteiger partial charge in [-0.05, 0) is 18.4 Å². The van der Waals surface area contributed by atoms with Gasteiger partial charge >= 0.3 is 0 Å². The Hall–Kier alpha value is -0.590. The Morgan fingerprint density at radius 2 is 2.22 bits per heavy atom. The number of rotatable bonds is 1. The van der Waals surface area contributed by atoms with E-state index in [4.69, 9.17) is 0 Å². The molecule has 0 atom stereocenters. The molecule has 0 saturated heterocycles. The highest BCUT2D eigenvalue weighted by Crippen LogP contribution is 2.15. The van der Waals surface area contributed by atoms with Gasteiger partial charge in [-0.15, -0.1) is 0 Å². The van der Waals surface area contributed by atoms with E-state index in [1.807, 2.05) is 6.20 Å². The minimum atomic E-state index is 0.624. The smallest absolute Gasteiger partial charge is 0.0260 e. The van der Waals surface area contributed by atoms with Crippen molar-refractivity contribution in [3.8, 4) is 0 Å². The number of aliphatic imine (C=N–C) groups is 1. The molecule has 50 valence electrons. The number of hydrogen-bond donors (Lipinski definition) is 0. The molecule has 0 aromatic carbocycles. The van der Waals surface area contributed by atoms with Gasteiger partial charge in [0, 0.05) is 18.3 Å². The first-order valence-corrected chi connectivity index (χ1v) is 3.42. The SMILES string of the molecule is CC1=CN=C(C(C)C)C1. The molecule has 0 aliphatic carbocycles. The van der Waals surface area contributed by atoms with Crippen molar-refractivity contribution in [2.75, 3.05) is 0 Å². The summed E-state index contributed by atoms with van der Waals surface area (Å²) in [5.41, 5.74) is 2.71. The second-order valence-electron chi connectivity index (χ2n) is 2.93. The van der Waals surface area contributed by atoms with Crippen LogP contribution in [-0.4, -0.2) is 5.71 Å². The van der Waals surface area contributed by atoms with Crippen molar-refractivity contribution in [1.82, 2.24) is 0 Å². The van der Waals surface area contributed by atoms with Crippen molar-refractivity contribution in [3.63, 3.8) is 0 Å². The molecule has 0 N–H and O–H groups in total. The van der Waals surface area contributed by atoms with Crippen LogP contribution in [0.1, 0.15) is 27.2 Å². The van der Waals surface area contributed by atoms with Crippen LogP contribution in [0.25, 0.3) is 0 Å². The van der Waals surface area contributed by atoms with Gasteiger partial charge in [-0.3, -0.25) is 4.99 Å². The zero-order chi connectivity index (χ0) is 6.85. The number of hydrogen-bond acceptors (Lipinski definition) is 1. The molecule has 0 saturated carbocycles. The highest BCUT2D eigenvalue weighted by molar-refractivity contribution is 5.90. The fourth-order valence-corrected chi connectivity index (χ4v) is 0.923. The van der Waals surface area contributed by atoms with E-state index in [1.54, 1.807) is 0 Å². The molecule has 0 unspecified atom stereocenters. The molecule has 1 rings (SSSR count). The van der Waals surface area contributed by atoms with Crippen LogP contribution in [-0.2, 0) is 0 Å². The Kier molecular flexibility index (Phi) is 1.70. The summed E-state index contributed by atoms with van der Waals surface area (Å²) in [4.78, 5) is 4.27. The third-order valence-corrected chi connectivity index (χ3v) is 1.58. The van der Waals surface area contributed by atoms with Crippen molar-refractivity contribution in [2.45, 2.75) is 27.2 Å². The van der Waals surface area contributed by atoms with E-state index in [1.165, 1.54) is 11.3 Å². The van der Waals surface area contributed by atoms with Gasteiger partial charge in [0.1, 0.15) is 0 Å². The van der Waals surface area contributed by atoms with Crippen molar-refractivity contribution in [3.05, 3.63) is 11.8 Å². The molecule has 0 spiro atoms. The topological polar surface area (TPSA) is 12.4 Å². The van der Waals surface area contributed by atoms with Crippen LogP contribution < -0.4 is 0 Å². The average molecular weight is 123 g/mol. The molecule has 1 aliphatic rings. The van der Waals surface area contributed by atoms with E-state index in [0.29, 0.717) is 5.92 Å². The summed E-state index contributed by atoms with van der Waals surface area (Å²) in [6.07, 6.45) is 3.06. The largest absolute Gasteiger partial charge is 0.265 e. The second kappa shape index (κ2) is 2.34. The third kappa shape index (κ3) is 1.41. The molecular weight excluding hydrogens is 110 g/mol. The molecule has 1 heteroatoms. The van der Waals surface area contributed by atoms with Gasteiger partial charge in [-0.25, -0.2) is 0 Å². The van der Waals surface area contributed by atoms with E-state index in [2.05, 4.69) is 25.8 Å². The summed E-state index contributed by atoms with van der Waals surface area (Å²) in [5.74, 6) is 0.624. The monoisotopic (exact) mass is 123 g/mol. The van der Waals surface area contributed by atoms with Gasteiger partial charge in [-0.1, -0.05) is 13.8 Å². The molecule has 1 nitrogen and oxygen atoms in total. The first-order valence-electron chi connectivity index (χ1n) is 3.42. The molecule has 9 heavy (non-hydrogen) atoms. The van der Waals surface area contributed by atoms with Gasteiger partial charge in [0.25, 0.3) is 0 Å². The van der Waals surface area contributed by atoms with Crippen LogP contribution in [0.2, 0.25) is 0 Å². The van der Waals surface area contributed by atoms with E-state index < -0.39 is 0 Å². The van der Waals surface area contributed by atoms with Crippen LogP contribution in [0.15, 0.2) is 16.8 Å². The highest BCUT2D eigenvalue weighted by Gasteiger charge is 2.08. The molecule has 0 amide bonds. The fraction of sp³-hybridized carbons (Fsp3) is 0.625. The second-order valence-corrected chi connectivity index (χ2v) is 2.93. The zero-order valence-corrected chi connectivity index (χ0v) is 6.31. The first kappa shape index (κ1) is 6.53. The molecule has 0 aromatic heterocycles. The van der Waals surface area contributed by atoms with Crippen molar-refractivity contribution in [2.24, 2.45) is 10.9 Å². The lowest BCUT2D eigenvalue weighted by Crippen LogP contribution is -2.03. The Morgan fingerprint density at radius 3 is 2.44 bits per heavy atom. The molecule has 1 heterocycles. The summed E-state index contributed by atoms with van der Waals surface area (Å²) in [6, 6.07) is 0. The van der Waals surface area contributed by atoms with E-state index in [9.17, 15) is 0 Å². The molecule has 0 bridgehead atoms. The number of nitrogens with zero attached hydrogens (tertiary/aromatic N) is 1. The molecule has 1 aliphatic heterocycles. The minimum absolute atomic E-state index is 0.624. The van der Waals surface area contributed by atoms with Crippen LogP contribution in [0, 0.1) is 5.92 Å². The third-order valence-electron chi connectivity index (χ3n) is 1.58. The van der Waals surface area contributed by atoms with Gasteiger partial charge in [0.05, 0.1) is 0 Å². The zero-order valence-electron chi connectivity index (χ0n) is 6.31. The molecule has 0 radical (unpaired) electrons. The van der Waals surface area contributed by atoms with Gasteiger partial charge in [-0.2, -0.15) is 0 Å². The maximum absolute atomic E-state index is 4.27. The van der Waals surface area contributed by atoms with E-state index >= 15 is 0 Å². The van der Waals surface area contributed by atoms with Gasteiger partial charge in [0.15, 0.2) is 0 Å². The van der Waals surface area contributed by atoms with Crippen molar-refractivity contribution in [1.29, 1.82) is 0 Å². The Labute approximate surface area is 56.5 Å². The fourth-order valence-electron chi connectivity index (χ4n) is 0.923. The predicted octanol–water partition coefficient (Wildman–Crippen LogP) is 2.39. The van der Waals surface area contributed by atoms with E-state index in [-0.39, 0.29) is 0 Å². The van der Waals surface area contributed by atoms with Crippen molar-refractivity contribution >= 4 is 5.71 Å². The molecule has 0 fully saturated rings. The number of allylic oxidation sites excluding steroid dienone is 1.